The first-order valence-corrected chi connectivity index (χ1v) is 9.17. The van der Waals surface area contributed by atoms with Gasteiger partial charge < -0.3 is 15.5 Å². The smallest absolute Gasteiger partial charge is 0.322 e. The lowest BCUT2D eigenvalue weighted by Gasteiger charge is -2.20. The minimum Gasteiger partial charge on any atom is -0.336 e. The normalized spacial score (nSPS) is 12.9. The third kappa shape index (κ3) is 4.55. The van der Waals surface area contributed by atoms with Crippen LogP contribution in [-0.2, 0) is 4.79 Å². The van der Waals surface area contributed by atoms with E-state index in [1.165, 1.54) is 4.90 Å². The number of urea groups is 1. The number of anilines is 2. The molecule has 2 N–H and O–H groups in total. The van der Waals surface area contributed by atoms with E-state index in [-0.39, 0.29) is 24.4 Å². The third-order valence-electron chi connectivity index (χ3n) is 4.63. The minimum atomic E-state index is -0.322. The summed E-state index contributed by atoms with van der Waals surface area (Å²) >= 11 is 0. The van der Waals surface area contributed by atoms with E-state index in [1.54, 1.807) is 54.4 Å². The molecule has 1 saturated heterocycles. The highest BCUT2D eigenvalue weighted by Gasteiger charge is 2.23. The fraction of sp³-hybridized carbons (Fsp3) is 0.227. The average molecular weight is 390 g/mol. The van der Waals surface area contributed by atoms with Gasteiger partial charge >= 0.3 is 6.03 Å². The Morgan fingerprint density at radius 2 is 2.07 bits per heavy atom. The Morgan fingerprint density at radius 3 is 2.72 bits per heavy atom. The molecule has 3 rings (SSSR count). The van der Waals surface area contributed by atoms with Crippen molar-refractivity contribution in [2.24, 2.45) is 0 Å². The van der Waals surface area contributed by atoms with Crippen molar-refractivity contribution in [3.05, 3.63) is 59.2 Å². The van der Waals surface area contributed by atoms with Crippen molar-refractivity contribution in [2.75, 3.05) is 36.9 Å². The van der Waals surface area contributed by atoms with Gasteiger partial charge in [0.2, 0.25) is 5.91 Å². The van der Waals surface area contributed by atoms with Gasteiger partial charge in [-0.15, -0.1) is 6.42 Å². The molecule has 0 bridgehead atoms. The van der Waals surface area contributed by atoms with E-state index >= 15 is 0 Å². The van der Waals surface area contributed by atoms with Crippen LogP contribution in [0.5, 0.6) is 0 Å². The number of carbonyl (C=O) groups is 3. The van der Waals surface area contributed by atoms with E-state index in [4.69, 9.17) is 6.42 Å². The van der Waals surface area contributed by atoms with Crippen LogP contribution in [0.1, 0.15) is 21.5 Å². The quantitative estimate of drug-likeness (QED) is 0.768. The first-order chi connectivity index (χ1) is 13.9. The number of nitrogens with zero attached hydrogens (tertiary/aromatic N) is 2. The zero-order chi connectivity index (χ0) is 21.0. The van der Waals surface area contributed by atoms with Crippen molar-refractivity contribution >= 4 is 29.2 Å². The highest BCUT2D eigenvalue weighted by Crippen LogP contribution is 2.23. The molecule has 1 heterocycles. The van der Waals surface area contributed by atoms with Crippen LogP contribution < -0.4 is 15.5 Å². The number of amides is 4. The first-order valence-electron chi connectivity index (χ1n) is 9.17. The molecule has 0 unspecified atom stereocenters. The molecule has 7 nitrogen and oxygen atoms in total. The first kappa shape index (κ1) is 20.0. The fourth-order valence-electron chi connectivity index (χ4n) is 3.19. The number of likely N-dealkylation sites (N-methyl/N-ethyl adjacent to an activating group) is 1. The van der Waals surface area contributed by atoms with E-state index in [1.807, 2.05) is 6.92 Å². The van der Waals surface area contributed by atoms with Gasteiger partial charge in [0, 0.05) is 42.6 Å². The standard InChI is InChI=1S/C22H22N4O3/c1-4-16-6-5-7-18(13-16)24-20(27)14-25(3)21(28)17-8-9-19(15(2)12-17)26-11-10-23-22(26)29/h1,5-9,12-13H,10-11,14H2,2-3H3,(H,23,29)(H,24,27). The van der Waals surface area contributed by atoms with E-state index in [0.717, 1.165) is 11.3 Å². The van der Waals surface area contributed by atoms with Gasteiger partial charge in [0.05, 0.1) is 6.54 Å². The van der Waals surface area contributed by atoms with Crippen molar-refractivity contribution in [2.45, 2.75) is 6.92 Å². The van der Waals surface area contributed by atoms with Crippen LogP contribution in [0.3, 0.4) is 0 Å². The van der Waals surface area contributed by atoms with Crippen LogP contribution in [0.25, 0.3) is 0 Å². The van der Waals surface area contributed by atoms with Crippen LogP contribution in [0.4, 0.5) is 16.2 Å². The third-order valence-corrected chi connectivity index (χ3v) is 4.63. The Labute approximate surface area is 169 Å². The Hall–Kier alpha value is -3.79. The van der Waals surface area contributed by atoms with Gasteiger partial charge in [-0.25, -0.2) is 4.79 Å². The van der Waals surface area contributed by atoms with Gasteiger partial charge in [-0.1, -0.05) is 12.0 Å². The van der Waals surface area contributed by atoms with E-state index in [0.29, 0.717) is 29.9 Å². The molecule has 0 atom stereocenters. The number of aryl methyl sites for hydroxylation is 1. The maximum atomic E-state index is 12.7. The van der Waals surface area contributed by atoms with E-state index in [9.17, 15) is 14.4 Å². The van der Waals surface area contributed by atoms with E-state index < -0.39 is 0 Å². The van der Waals surface area contributed by atoms with Crippen LogP contribution in [0.15, 0.2) is 42.5 Å². The summed E-state index contributed by atoms with van der Waals surface area (Å²) in [6, 6.07) is 12.0. The molecule has 29 heavy (non-hydrogen) atoms. The second-order valence-electron chi connectivity index (χ2n) is 6.82. The number of hydrogen-bond acceptors (Lipinski definition) is 3. The van der Waals surface area contributed by atoms with Crippen LogP contribution in [0, 0.1) is 19.3 Å². The maximum Gasteiger partial charge on any atom is 0.322 e. The van der Waals surface area contributed by atoms with Crippen LogP contribution >= 0.6 is 0 Å². The summed E-state index contributed by atoms with van der Waals surface area (Å²) in [5.41, 5.74) is 3.28. The molecule has 1 aliphatic heterocycles. The van der Waals surface area contributed by atoms with Gasteiger partial charge in [-0.2, -0.15) is 0 Å². The Balaban J connectivity index is 1.65. The predicted octanol–water partition coefficient (Wildman–Crippen LogP) is 2.22. The zero-order valence-corrected chi connectivity index (χ0v) is 16.4. The topological polar surface area (TPSA) is 81.8 Å². The molecular weight excluding hydrogens is 368 g/mol. The summed E-state index contributed by atoms with van der Waals surface area (Å²) < 4.78 is 0. The van der Waals surface area contributed by atoms with Gasteiger partial charge in [0.25, 0.3) is 5.91 Å². The largest absolute Gasteiger partial charge is 0.336 e. The molecule has 7 heteroatoms. The molecule has 1 aliphatic rings. The number of nitrogens with one attached hydrogen (secondary N) is 2. The molecule has 1 fully saturated rings. The molecule has 2 aromatic rings. The summed E-state index contributed by atoms with van der Waals surface area (Å²) in [6.07, 6.45) is 5.36. The monoisotopic (exact) mass is 390 g/mol. The van der Waals surface area contributed by atoms with Crippen molar-refractivity contribution in [1.29, 1.82) is 0 Å². The molecule has 0 aliphatic carbocycles. The number of hydrogen-bond donors (Lipinski definition) is 2. The van der Waals surface area contributed by atoms with Gasteiger partial charge in [-0.05, 0) is 48.9 Å². The number of benzene rings is 2. The van der Waals surface area contributed by atoms with Crippen molar-refractivity contribution in [3.63, 3.8) is 0 Å². The maximum absolute atomic E-state index is 12.7. The summed E-state index contributed by atoms with van der Waals surface area (Å²) in [6.45, 7) is 2.94. The Kier molecular flexibility index (Phi) is 5.84. The Morgan fingerprint density at radius 1 is 1.28 bits per heavy atom. The second kappa shape index (κ2) is 8.48. The summed E-state index contributed by atoms with van der Waals surface area (Å²) in [5, 5.41) is 5.49. The number of rotatable bonds is 5. The average Bonchev–Trinajstić information content (AvgIpc) is 3.12. The molecule has 0 spiro atoms. The molecule has 0 radical (unpaired) electrons. The zero-order valence-electron chi connectivity index (χ0n) is 16.4. The Bertz CT molecular complexity index is 1010. The highest BCUT2D eigenvalue weighted by atomic mass is 16.2. The fourth-order valence-corrected chi connectivity index (χ4v) is 3.19. The lowest BCUT2D eigenvalue weighted by molar-refractivity contribution is -0.116. The summed E-state index contributed by atoms with van der Waals surface area (Å²) in [5.74, 6) is 1.91. The number of terminal acetylenes is 1. The lowest BCUT2D eigenvalue weighted by atomic mass is 10.1. The van der Waals surface area contributed by atoms with Gasteiger partial charge in [0.15, 0.2) is 0 Å². The van der Waals surface area contributed by atoms with Crippen molar-refractivity contribution in [1.82, 2.24) is 10.2 Å². The van der Waals surface area contributed by atoms with Gasteiger partial charge in [0.1, 0.15) is 0 Å². The molecule has 0 aromatic heterocycles. The molecule has 0 saturated carbocycles. The summed E-state index contributed by atoms with van der Waals surface area (Å²) in [4.78, 5) is 39.8. The van der Waals surface area contributed by atoms with Crippen LogP contribution in [-0.4, -0.2) is 49.4 Å². The van der Waals surface area contributed by atoms with Crippen LogP contribution in [0.2, 0.25) is 0 Å². The molecule has 148 valence electrons. The molecule has 2 aromatic carbocycles. The summed E-state index contributed by atoms with van der Waals surface area (Å²) in [7, 11) is 1.57. The predicted molar refractivity (Wildman–Crippen MR) is 112 cm³/mol. The highest BCUT2D eigenvalue weighted by molar-refractivity contribution is 6.00. The van der Waals surface area contributed by atoms with E-state index in [2.05, 4.69) is 16.6 Å². The SMILES string of the molecule is C#Cc1cccc(NC(=O)CN(C)C(=O)c2ccc(N3CCNC3=O)c(C)c2)c1. The molecular formula is C22H22N4O3. The number of carbonyl (C=O) groups excluding carboxylic acids is 3. The minimum absolute atomic E-state index is 0.103. The van der Waals surface area contributed by atoms with Crippen molar-refractivity contribution in [3.8, 4) is 12.3 Å². The van der Waals surface area contributed by atoms with Crippen molar-refractivity contribution < 1.29 is 14.4 Å². The lowest BCUT2D eigenvalue weighted by Crippen LogP contribution is -2.35. The second-order valence-corrected chi connectivity index (χ2v) is 6.82. The van der Waals surface area contributed by atoms with Gasteiger partial charge in [-0.3, -0.25) is 14.5 Å². The molecule has 4 amide bonds.